The van der Waals surface area contributed by atoms with Crippen LogP contribution in [-0.4, -0.2) is 20.9 Å². The largest absolute Gasteiger partial charge is 0.477 e. The fourth-order valence-corrected chi connectivity index (χ4v) is 1.77. The maximum Gasteiger partial charge on any atom is 0.354 e. The highest BCUT2D eigenvalue weighted by Crippen LogP contribution is 2.23. The number of aromatic nitrogens is 2. The van der Waals surface area contributed by atoms with Gasteiger partial charge in [0.15, 0.2) is 5.69 Å². The molecule has 0 aliphatic carbocycles. The molecule has 0 atom stereocenters. The van der Waals surface area contributed by atoms with Gasteiger partial charge in [0.1, 0.15) is 0 Å². The Morgan fingerprint density at radius 3 is 2.35 bits per heavy atom. The van der Waals surface area contributed by atoms with Gasteiger partial charge in [0, 0.05) is 5.41 Å². The van der Waals surface area contributed by atoms with Crippen molar-refractivity contribution in [2.75, 3.05) is 0 Å². The van der Waals surface area contributed by atoms with Crippen LogP contribution in [0.1, 0.15) is 42.5 Å². The van der Waals surface area contributed by atoms with Crippen LogP contribution >= 0.6 is 0 Å². The zero-order chi connectivity index (χ0) is 14.9. The minimum atomic E-state index is -1.03. The van der Waals surface area contributed by atoms with Gasteiger partial charge in [-0.3, -0.25) is 0 Å². The summed E-state index contributed by atoms with van der Waals surface area (Å²) in [5.74, 6) is -1.03. The van der Waals surface area contributed by atoms with Crippen LogP contribution in [-0.2, 0) is 5.41 Å². The maximum absolute atomic E-state index is 11.3. The topological polar surface area (TPSA) is 78.9 Å². The third-order valence-electron chi connectivity index (χ3n) is 2.94. The normalized spacial score (nSPS) is 11.1. The lowest BCUT2D eigenvalue weighted by atomic mass is 9.92. The number of hydrogen-bond donors (Lipinski definition) is 1. The molecule has 1 N–H and O–H groups in total. The Morgan fingerprint density at radius 2 is 1.90 bits per heavy atom. The number of carboxylic acid groups (broad SMARTS) is 1. The van der Waals surface area contributed by atoms with E-state index in [1.165, 1.54) is 4.68 Å². The van der Waals surface area contributed by atoms with Gasteiger partial charge < -0.3 is 5.11 Å². The van der Waals surface area contributed by atoms with E-state index in [4.69, 9.17) is 5.26 Å². The summed E-state index contributed by atoms with van der Waals surface area (Å²) in [5.41, 5.74) is 1.73. The fourth-order valence-electron chi connectivity index (χ4n) is 1.77. The molecule has 0 radical (unpaired) electrons. The van der Waals surface area contributed by atoms with Crippen molar-refractivity contribution in [3.8, 4) is 11.8 Å². The highest BCUT2D eigenvalue weighted by molar-refractivity contribution is 5.86. The predicted octanol–water partition coefficient (Wildman–Crippen LogP) is 2.74. The van der Waals surface area contributed by atoms with Gasteiger partial charge in [-0.15, -0.1) is 0 Å². The van der Waals surface area contributed by atoms with Crippen LogP contribution < -0.4 is 0 Å². The quantitative estimate of drug-likeness (QED) is 0.909. The smallest absolute Gasteiger partial charge is 0.354 e. The molecule has 1 heterocycles. The number of hydrogen-bond acceptors (Lipinski definition) is 3. The first kappa shape index (κ1) is 13.8. The number of rotatable bonds is 2. The van der Waals surface area contributed by atoms with Crippen LogP contribution in [0, 0.1) is 11.3 Å². The summed E-state index contributed by atoms with van der Waals surface area (Å²) < 4.78 is 1.39. The summed E-state index contributed by atoms with van der Waals surface area (Å²) in [4.78, 5) is 11.3. The molecule has 0 saturated heterocycles. The third-order valence-corrected chi connectivity index (χ3v) is 2.94. The molecule has 2 rings (SSSR count). The van der Waals surface area contributed by atoms with Gasteiger partial charge in [-0.2, -0.15) is 10.4 Å². The Balaban J connectivity index is 2.57. The van der Waals surface area contributed by atoms with Crippen LogP contribution in [0.3, 0.4) is 0 Å². The lowest BCUT2D eigenvalue weighted by Gasteiger charge is -2.14. The first-order valence-electron chi connectivity index (χ1n) is 6.17. The van der Waals surface area contributed by atoms with Crippen molar-refractivity contribution in [2.24, 2.45) is 0 Å². The molecule has 102 valence electrons. The van der Waals surface area contributed by atoms with Gasteiger partial charge in [0.25, 0.3) is 0 Å². The molecule has 0 aliphatic heterocycles. The van der Waals surface area contributed by atoms with E-state index in [0.717, 1.165) is 0 Å². The molecule has 0 spiro atoms. The highest BCUT2D eigenvalue weighted by Gasteiger charge is 2.23. The SMILES string of the molecule is CC(C)(C)c1cc(C(=O)O)n(-c2ccc(C#N)cc2)n1. The molecule has 0 saturated carbocycles. The molecular weight excluding hydrogens is 254 g/mol. The van der Waals surface area contributed by atoms with Crippen molar-refractivity contribution in [1.29, 1.82) is 5.26 Å². The zero-order valence-corrected chi connectivity index (χ0v) is 11.6. The number of nitriles is 1. The number of nitrogens with zero attached hydrogens (tertiary/aromatic N) is 3. The second-order valence-electron chi connectivity index (χ2n) is 5.54. The number of benzene rings is 1. The van der Waals surface area contributed by atoms with Gasteiger partial charge in [0.2, 0.25) is 0 Å². The van der Waals surface area contributed by atoms with Gasteiger partial charge >= 0.3 is 5.97 Å². The fraction of sp³-hybridized carbons (Fsp3) is 0.267. The number of aromatic carboxylic acids is 1. The number of carbonyl (C=O) groups is 1. The summed E-state index contributed by atoms with van der Waals surface area (Å²) in [5, 5.41) is 22.5. The van der Waals surface area contributed by atoms with E-state index in [1.807, 2.05) is 26.8 Å². The maximum atomic E-state index is 11.3. The second-order valence-corrected chi connectivity index (χ2v) is 5.54. The van der Waals surface area contributed by atoms with Crippen LogP contribution in [0.5, 0.6) is 0 Å². The second kappa shape index (κ2) is 4.82. The Bertz CT molecular complexity index is 685. The van der Waals surface area contributed by atoms with E-state index in [1.54, 1.807) is 30.3 Å². The average molecular weight is 269 g/mol. The minimum absolute atomic E-state index is 0.111. The Morgan fingerprint density at radius 1 is 1.30 bits per heavy atom. The van der Waals surface area contributed by atoms with Gasteiger partial charge in [-0.05, 0) is 30.3 Å². The van der Waals surface area contributed by atoms with Crippen molar-refractivity contribution in [1.82, 2.24) is 9.78 Å². The summed E-state index contributed by atoms with van der Waals surface area (Å²) in [6.45, 7) is 5.93. The lowest BCUT2D eigenvalue weighted by Crippen LogP contribution is -2.12. The van der Waals surface area contributed by atoms with Gasteiger partial charge in [0.05, 0.1) is 23.0 Å². The average Bonchev–Trinajstić information content (AvgIpc) is 2.84. The van der Waals surface area contributed by atoms with Crippen LogP contribution in [0.2, 0.25) is 0 Å². The Labute approximate surface area is 117 Å². The molecular formula is C15H15N3O2. The standard InChI is InChI=1S/C15H15N3O2/c1-15(2,3)13-8-12(14(19)20)18(17-13)11-6-4-10(9-16)5-7-11/h4-8H,1-3H3,(H,19,20). The first-order chi connectivity index (χ1) is 9.32. The summed E-state index contributed by atoms with van der Waals surface area (Å²) >= 11 is 0. The van der Waals surface area contributed by atoms with Gasteiger partial charge in [-0.25, -0.2) is 9.48 Å². The molecule has 1 aromatic heterocycles. The molecule has 20 heavy (non-hydrogen) atoms. The van der Waals surface area contributed by atoms with Crippen LogP contribution in [0.4, 0.5) is 0 Å². The molecule has 0 fully saturated rings. The molecule has 2 aromatic rings. The summed E-state index contributed by atoms with van der Waals surface area (Å²) in [6.07, 6.45) is 0. The summed E-state index contributed by atoms with van der Waals surface area (Å²) in [7, 11) is 0. The Hall–Kier alpha value is -2.61. The summed E-state index contributed by atoms with van der Waals surface area (Å²) in [6, 6.07) is 10.3. The molecule has 0 unspecified atom stereocenters. The lowest BCUT2D eigenvalue weighted by molar-refractivity contribution is 0.0687. The van der Waals surface area contributed by atoms with E-state index in [9.17, 15) is 9.90 Å². The number of carboxylic acids is 1. The van der Waals surface area contributed by atoms with Crippen molar-refractivity contribution in [2.45, 2.75) is 26.2 Å². The molecule has 5 nitrogen and oxygen atoms in total. The van der Waals surface area contributed by atoms with E-state index >= 15 is 0 Å². The van der Waals surface area contributed by atoms with Crippen LogP contribution in [0.25, 0.3) is 5.69 Å². The molecule has 5 heteroatoms. The van der Waals surface area contributed by atoms with Crippen molar-refractivity contribution < 1.29 is 9.90 Å². The molecule has 0 amide bonds. The zero-order valence-electron chi connectivity index (χ0n) is 11.6. The predicted molar refractivity (Wildman–Crippen MR) is 73.9 cm³/mol. The Kier molecular flexibility index (Phi) is 3.33. The van der Waals surface area contributed by atoms with Gasteiger partial charge in [-0.1, -0.05) is 20.8 Å². The van der Waals surface area contributed by atoms with E-state index < -0.39 is 5.97 Å². The van der Waals surface area contributed by atoms with Crippen LogP contribution in [0.15, 0.2) is 30.3 Å². The van der Waals surface area contributed by atoms with Crippen molar-refractivity contribution in [3.63, 3.8) is 0 Å². The first-order valence-corrected chi connectivity index (χ1v) is 6.17. The molecule has 0 aliphatic rings. The van der Waals surface area contributed by atoms with Crippen molar-refractivity contribution >= 4 is 5.97 Å². The van der Waals surface area contributed by atoms with E-state index in [0.29, 0.717) is 16.9 Å². The monoisotopic (exact) mass is 269 g/mol. The van der Waals surface area contributed by atoms with Crippen molar-refractivity contribution in [3.05, 3.63) is 47.3 Å². The van der Waals surface area contributed by atoms with E-state index in [2.05, 4.69) is 5.10 Å². The molecule has 1 aromatic carbocycles. The highest BCUT2D eigenvalue weighted by atomic mass is 16.4. The third kappa shape index (κ3) is 2.54. The van der Waals surface area contributed by atoms with E-state index in [-0.39, 0.29) is 11.1 Å². The molecule has 0 bridgehead atoms. The minimum Gasteiger partial charge on any atom is -0.477 e.